The van der Waals surface area contributed by atoms with Crippen molar-refractivity contribution in [2.75, 3.05) is 11.9 Å². The average molecular weight is 304 g/mol. The summed E-state index contributed by atoms with van der Waals surface area (Å²) in [5, 5.41) is 16.1. The van der Waals surface area contributed by atoms with Gasteiger partial charge in [0.2, 0.25) is 5.91 Å². The number of carbonyl (C=O) groups is 1. The lowest BCUT2D eigenvalue weighted by atomic mass is 9.95. The van der Waals surface area contributed by atoms with Crippen molar-refractivity contribution in [3.05, 3.63) is 29.8 Å². The number of hydrogen-bond donors (Lipinski definition) is 3. The molecule has 2 atom stereocenters. The highest BCUT2D eigenvalue weighted by Crippen LogP contribution is 2.39. The Kier molecular flexibility index (Phi) is 5.59. The van der Waals surface area contributed by atoms with E-state index >= 15 is 0 Å². The summed E-state index contributed by atoms with van der Waals surface area (Å²) in [4.78, 5) is 12.2. The van der Waals surface area contributed by atoms with Gasteiger partial charge in [0.15, 0.2) is 0 Å². The van der Waals surface area contributed by atoms with Gasteiger partial charge in [-0.25, -0.2) is 0 Å². The lowest BCUT2D eigenvalue weighted by molar-refractivity contribution is -0.116. The molecule has 0 heterocycles. The first-order chi connectivity index (χ1) is 10.5. The van der Waals surface area contributed by atoms with Gasteiger partial charge in [-0.1, -0.05) is 25.1 Å². The third-order valence-electron chi connectivity index (χ3n) is 4.55. The zero-order valence-corrected chi connectivity index (χ0v) is 13.9. The minimum absolute atomic E-state index is 0.0111. The van der Waals surface area contributed by atoms with Gasteiger partial charge in [0, 0.05) is 23.7 Å². The third kappa shape index (κ3) is 4.31. The molecule has 0 saturated heterocycles. The first-order valence-electron chi connectivity index (χ1n) is 8.24. The van der Waals surface area contributed by atoms with Gasteiger partial charge in [-0.2, -0.15) is 0 Å². The molecule has 0 bridgehead atoms. The number of para-hydroxylation sites is 1. The molecule has 1 aliphatic rings. The van der Waals surface area contributed by atoms with E-state index in [0.717, 1.165) is 30.5 Å². The number of nitrogens with one attached hydrogen (secondary N) is 2. The summed E-state index contributed by atoms with van der Waals surface area (Å²) in [5.74, 6) is 0.542. The maximum Gasteiger partial charge on any atom is 0.225 e. The number of rotatable bonds is 8. The number of amides is 1. The largest absolute Gasteiger partial charge is 0.394 e. The topological polar surface area (TPSA) is 61.4 Å². The van der Waals surface area contributed by atoms with Crippen molar-refractivity contribution >= 4 is 11.6 Å². The van der Waals surface area contributed by atoms with E-state index in [-0.39, 0.29) is 24.1 Å². The van der Waals surface area contributed by atoms with Crippen LogP contribution in [0.25, 0.3) is 0 Å². The minimum Gasteiger partial charge on any atom is -0.394 e. The standard InChI is InChI=1S/C18H28N2O2/c1-4-14-7-5-6-8-16(14)19-17(22)11-13(2)20-18(3,12-21)15-9-10-15/h5-8,13,15,20-21H,4,9-12H2,1-3H3,(H,19,22). The van der Waals surface area contributed by atoms with Gasteiger partial charge >= 0.3 is 0 Å². The molecular weight excluding hydrogens is 276 g/mol. The Morgan fingerprint density at radius 2 is 2.09 bits per heavy atom. The number of anilines is 1. The molecule has 0 aliphatic heterocycles. The summed E-state index contributed by atoms with van der Waals surface area (Å²) >= 11 is 0. The molecule has 1 aromatic carbocycles. The van der Waals surface area contributed by atoms with Crippen LogP contribution < -0.4 is 10.6 Å². The Balaban J connectivity index is 1.88. The molecule has 2 unspecified atom stereocenters. The van der Waals surface area contributed by atoms with Gasteiger partial charge in [-0.3, -0.25) is 4.79 Å². The normalized spacial score (nSPS) is 18.5. The monoisotopic (exact) mass is 304 g/mol. The summed E-state index contributed by atoms with van der Waals surface area (Å²) < 4.78 is 0. The van der Waals surface area contributed by atoms with E-state index in [9.17, 15) is 9.90 Å². The molecule has 22 heavy (non-hydrogen) atoms. The highest BCUT2D eigenvalue weighted by Gasteiger charge is 2.41. The van der Waals surface area contributed by atoms with Crippen molar-refractivity contribution in [2.45, 2.75) is 58.0 Å². The fourth-order valence-corrected chi connectivity index (χ4v) is 3.06. The second-order valence-electron chi connectivity index (χ2n) is 6.66. The van der Waals surface area contributed by atoms with Crippen molar-refractivity contribution < 1.29 is 9.90 Å². The summed E-state index contributed by atoms with van der Waals surface area (Å²) in [6, 6.07) is 7.93. The van der Waals surface area contributed by atoms with E-state index in [0.29, 0.717) is 12.3 Å². The maximum atomic E-state index is 12.2. The molecule has 0 aromatic heterocycles. The number of carbonyl (C=O) groups excluding carboxylic acids is 1. The number of benzene rings is 1. The second kappa shape index (κ2) is 7.25. The predicted octanol–water partition coefficient (Wildman–Crippen LogP) is 2.72. The van der Waals surface area contributed by atoms with Crippen LogP contribution in [0.5, 0.6) is 0 Å². The van der Waals surface area contributed by atoms with Crippen LogP contribution in [-0.4, -0.2) is 29.2 Å². The number of hydrogen-bond acceptors (Lipinski definition) is 3. The quantitative estimate of drug-likeness (QED) is 0.692. The second-order valence-corrected chi connectivity index (χ2v) is 6.66. The van der Waals surface area contributed by atoms with E-state index in [1.165, 1.54) is 0 Å². The Morgan fingerprint density at radius 3 is 2.68 bits per heavy atom. The Bertz CT molecular complexity index is 514. The van der Waals surface area contributed by atoms with E-state index in [1.54, 1.807) is 0 Å². The smallest absolute Gasteiger partial charge is 0.225 e. The molecule has 4 heteroatoms. The van der Waals surface area contributed by atoms with E-state index < -0.39 is 0 Å². The minimum atomic E-state index is -0.263. The molecule has 122 valence electrons. The van der Waals surface area contributed by atoms with Crippen LogP contribution in [0.3, 0.4) is 0 Å². The lowest BCUT2D eigenvalue weighted by Gasteiger charge is -2.32. The molecule has 4 nitrogen and oxygen atoms in total. The van der Waals surface area contributed by atoms with Crippen molar-refractivity contribution in [3.8, 4) is 0 Å². The van der Waals surface area contributed by atoms with Crippen molar-refractivity contribution in [1.82, 2.24) is 5.32 Å². The molecule has 3 N–H and O–H groups in total. The first kappa shape index (κ1) is 17.0. The zero-order chi connectivity index (χ0) is 16.2. The van der Waals surface area contributed by atoms with Crippen LogP contribution in [0.15, 0.2) is 24.3 Å². The molecule has 1 amide bonds. The Labute approximate surface area is 133 Å². The highest BCUT2D eigenvalue weighted by atomic mass is 16.3. The van der Waals surface area contributed by atoms with Gasteiger partial charge in [0.25, 0.3) is 0 Å². The van der Waals surface area contributed by atoms with Crippen LogP contribution in [0.4, 0.5) is 5.69 Å². The summed E-state index contributed by atoms with van der Waals surface area (Å²) in [7, 11) is 0. The Morgan fingerprint density at radius 1 is 1.41 bits per heavy atom. The Hall–Kier alpha value is -1.39. The van der Waals surface area contributed by atoms with Crippen LogP contribution in [-0.2, 0) is 11.2 Å². The van der Waals surface area contributed by atoms with Crippen molar-refractivity contribution in [2.24, 2.45) is 5.92 Å². The van der Waals surface area contributed by atoms with Crippen LogP contribution in [0.1, 0.15) is 45.6 Å². The van der Waals surface area contributed by atoms with Gasteiger partial charge < -0.3 is 15.7 Å². The van der Waals surface area contributed by atoms with E-state index in [1.807, 2.05) is 38.1 Å². The molecule has 2 rings (SSSR count). The van der Waals surface area contributed by atoms with Crippen LogP contribution in [0, 0.1) is 5.92 Å². The van der Waals surface area contributed by atoms with Crippen LogP contribution in [0.2, 0.25) is 0 Å². The maximum absolute atomic E-state index is 12.2. The van der Waals surface area contributed by atoms with Crippen LogP contribution >= 0.6 is 0 Å². The molecule has 1 aromatic rings. The number of aliphatic hydroxyl groups excluding tert-OH is 1. The fourth-order valence-electron chi connectivity index (χ4n) is 3.06. The number of aliphatic hydroxyl groups is 1. The lowest BCUT2D eigenvalue weighted by Crippen LogP contribution is -2.52. The SMILES string of the molecule is CCc1ccccc1NC(=O)CC(C)NC(C)(CO)C1CC1. The summed E-state index contributed by atoms with van der Waals surface area (Å²) in [6.07, 6.45) is 3.62. The number of aryl methyl sites for hydroxylation is 1. The van der Waals surface area contributed by atoms with Gasteiger partial charge in [0.1, 0.15) is 0 Å². The summed E-state index contributed by atoms with van der Waals surface area (Å²) in [6.45, 7) is 6.24. The molecule has 0 radical (unpaired) electrons. The molecular formula is C18H28N2O2. The van der Waals surface area contributed by atoms with Crippen molar-refractivity contribution in [3.63, 3.8) is 0 Å². The highest BCUT2D eigenvalue weighted by molar-refractivity contribution is 5.91. The van der Waals surface area contributed by atoms with Gasteiger partial charge in [-0.15, -0.1) is 0 Å². The molecule has 1 saturated carbocycles. The van der Waals surface area contributed by atoms with E-state index in [4.69, 9.17) is 0 Å². The van der Waals surface area contributed by atoms with E-state index in [2.05, 4.69) is 17.6 Å². The molecule has 1 aliphatic carbocycles. The summed E-state index contributed by atoms with van der Waals surface area (Å²) in [5.41, 5.74) is 1.78. The zero-order valence-electron chi connectivity index (χ0n) is 13.9. The van der Waals surface area contributed by atoms with Crippen molar-refractivity contribution in [1.29, 1.82) is 0 Å². The molecule has 0 spiro atoms. The third-order valence-corrected chi connectivity index (χ3v) is 4.55. The fraction of sp³-hybridized carbons (Fsp3) is 0.611. The average Bonchev–Trinajstić information content (AvgIpc) is 3.32. The molecule has 1 fully saturated rings. The predicted molar refractivity (Wildman–Crippen MR) is 89.9 cm³/mol. The van der Waals surface area contributed by atoms with Gasteiger partial charge in [0.05, 0.1) is 6.61 Å². The van der Waals surface area contributed by atoms with Gasteiger partial charge in [-0.05, 0) is 50.7 Å². The first-order valence-corrected chi connectivity index (χ1v) is 8.24.